The van der Waals surface area contributed by atoms with Crippen LogP contribution in [-0.2, 0) is 14.3 Å². The molecule has 6 nitrogen and oxygen atoms in total. The molecule has 1 amide bonds. The van der Waals surface area contributed by atoms with Gasteiger partial charge in [-0.15, -0.1) is 11.8 Å². The number of carbonyl (C=O) groups is 2. The Morgan fingerprint density at radius 1 is 1.45 bits per heavy atom. The van der Waals surface area contributed by atoms with Gasteiger partial charge in [0.15, 0.2) is 0 Å². The van der Waals surface area contributed by atoms with Gasteiger partial charge in [-0.1, -0.05) is 18.2 Å². The maximum Gasteiger partial charge on any atom is 0.317 e. The first kappa shape index (κ1) is 15.2. The van der Waals surface area contributed by atoms with Gasteiger partial charge in [0.2, 0.25) is 5.91 Å². The minimum atomic E-state index is -0.860. The summed E-state index contributed by atoms with van der Waals surface area (Å²) >= 11 is 1.51. The molecule has 2 aliphatic heterocycles. The van der Waals surface area contributed by atoms with Crippen LogP contribution in [0.1, 0.15) is 0 Å². The number of amides is 1. The summed E-state index contributed by atoms with van der Waals surface area (Å²) in [4.78, 5) is 25.8. The Balaban J connectivity index is 1.75. The molecule has 0 spiro atoms. The van der Waals surface area contributed by atoms with Crippen molar-refractivity contribution < 1.29 is 19.1 Å². The number of para-hydroxylation sites is 1. The number of β-lactam (4-membered cyclic amide) rings is 1. The summed E-state index contributed by atoms with van der Waals surface area (Å²) < 4.78 is 10.7. The van der Waals surface area contributed by atoms with Gasteiger partial charge < -0.3 is 20.1 Å². The van der Waals surface area contributed by atoms with E-state index >= 15 is 0 Å². The summed E-state index contributed by atoms with van der Waals surface area (Å²) in [6.45, 7) is 0.457. The van der Waals surface area contributed by atoms with Gasteiger partial charge in [-0.05, 0) is 12.1 Å². The van der Waals surface area contributed by atoms with Gasteiger partial charge in [-0.25, -0.2) is 0 Å². The molecule has 118 valence electrons. The van der Waals surface area contributed by atoms with Crippen LogP contribution in [0.4, 0.5) is 0 Å². The number of thioether (sulfide) groups is 1. The number of fused-ring (bicyclic) bond motifs is 1. The smallest absolute Gasteiger partial charge is 0.317 e. The van der Waals surface area contributed by atoms with E-state index in [0.717, 1.165) is 0 Å². The summed E-state index contributed by atoms with van der Waals surface area (Å²) in [5.41, 5.74) is 4.92. The zero-order chi connectivity index (χ0) is 15.7. The van der Waals surface area contributed by atoms with Gasteiger partial charge in [-0.3, -0.25) is 9.59 Å². The molecule has 3 rings (SSSR count). The quantitative estimate of drug-likeness (QED) is 0.641. The number of ether oxygens (including phenoxy) is 2. The molecule has 0 aliphatic carbocycles. The fourth-order valence-electron chi connectivity index (χ4n) is 2.75. The third-order valence-electron chi connectivity index (χ3n) is 4.06. The second-order valence-electron chi connectivity index (χ2n) is 5.57. The molecule has 1 aromatic carbocycles. The standard InChI is InChI=1S/C15H18N2O4S/c1-20-14(19)15(8-21-10-5-3-2-4-6-10)7-17-12(18)11(16)13(17)22-9-15/h2-6,11,13H,7-9,16H2,1H3/t11?,13-,15?/m1/s1. The van der Waals surface area contributed by atoms with E-state index < -0.39 is 11.5 Å². The van der Waals surface area contributed by atoms with Crippen molar-refractivity contribution in [3.63, 3.8) is 0 Å². The molecule has 2 N–H and O–H groups in total. The number of hydrogen-bond acceptors (Lipinski definition) is 6. The predicted octanol–water partition coefficient (Wildman–Crippen LogP) is 0.467. The van der Waals surface area contributed by atoms with Crippen molar-refractivity contribution >= 4 is 23.6 Å². The molecule has 7 heteroatoms. The number of methoxy groups -OCH3 is 1. The maximum atomic E-state index is 12.3. The molecule has 0 radical (unpaired) electrons. The summed E-state index contributed by atoms with van der Waals surface area (Å²) in [5.74, 6) is 0.728. The van der Waals surface area contributed by atoms with Gasteiger partial charge in [0, 0.05) is 12.3 Å². The van der Waals surface area contributed by atoms with Gasteiger partial charge in [0.05, 0.1) is 7.11 Å². The maximum absolute atomic E-state index is 12.3. The highest BCUT2D eigenvalue weighted by Gasteiger charge is 2.56. The summed E-state index contributed by atoms with van der Waals surface area (Å²) in [6, 6.07) is 8.82. The molecule has 0 saturated carbocycles. The van der Waals surface area contributed by atoms with E-state index in [4.69, 9.17) is 15.2 Å². The Labute approximate surface area is 132 Å². The monoisotopic (exact) mass is 322 g/mol. The molecule has 22 heavy (non-hydrogen) atoms. The Hall–Kier alpha value is -1.73. The fraction of sp³-hybridized carbons (Fsp3) is 0.467. The fourth-order valence-corrected chi connectivity index (χ4v) is 4.22. The third kappa shape index (κ3) is 2.44. The molecular formula is C15H18N2O4S. The highest BCUT2D eigenvalue weighted by Crippen LogP contribution is 2.42. The molecule has 0 aromatic heterocycles. The number of esters is 1. The lowest BCUT2D eigenvalue weighted by Crippen LogP contribution is -2.72. The molecule has 0 bridgehead atoms. The highest BCUT2D eigenvalue weighted by atomic mass is 32.2. The molecule has 2 fully saturated rings. The van der Waals surface area contributed by atoms with Gasteiger partial charge in [0.1, 0.15) is 29.2 Å². The van der Waals surface area contributed by atoms with Gasteiger partial charge >= 0.3 is 5.97 Å². The van der Waals surface area contributed by atoms with Crippen LogP contribution in [0, 0.1) is 5.41 Å². The van der Waals surface area contributed by atoms with E-state index in [-0.39, 0.29) is 30.4 Å². The summed E-state index contributed by atoms with van der Waals surface area (Å²) in [6.07, 6.45) is 0. The second-order valence-corrected chi connectivity index (χ2v) is 6.67. The zero-order valence-corrected chi connectivity index (χ0v) is 13.0. The minimum absolute atomic E-state index is 0.0398. The first-order chi connectivity index (χ1) is 10.6. The van der Waals surface area contributed by atoms with Crippen molar-refractivity contribution in [3.8, 4) is 5.75 Å². The lowest BCUT2D eigenvalue weighted by molar-refractivity contribution is -0.161. The van der Waals surface area contributed by atoms with Crippen LogP contribution < -0.4 is 10.5 Å². The first-order valence-electron chi connectivity index (χ1n) is 7.01. The summed E-state index contributed by atoms with van der Waals surface area (Å²) in [7, 11) is 1.35. The normalized spacial score (nSPS) is 30.3. The topological polar surface area (TPSA) is 81.9 Å². The van der Waals surface area contributed by atoms with E-state index in [9.17, 15) is 9.59 Å². The predicted molar refractivity (Wildman–Crippen MR) is 82.3 cm³/mol. The van der Waals surface area contributed by atoms with Crippen molar-refractivity contribution in [2.45, 2.75) is 11.4 Å². The lowest BCUT2D eigenvalue weighted by Gasteiger charge is -2.52. The van der Waals surface area contributed by atoms with Gasteiger partial charge in [-0.2, -0.15) is 0 Å². The third-order valence-corrected chi connectivity index (χ3v) is 5.67. The Morgan fingerprint density at radius 2 is 2.18 bits per heavy atom. The van der Waals surface area contributed by atoms with Crippen LogP contribution in [0.5, 0.6) is 5.75 Å². The number of rotatable bonds is 4. The number of nitrogens with zero attached hydrogens (tertiary/aromatic N) is 1. The average molecular weight is 322 g/mol. The van der Waals surface area contributed by atoms with E-state index in [0.29, 0.717) is 11.5 Å². The molecule has 2 saturated heterocycles. The molecule has 2 aliphatic rings. The molecule has 2 unspecified atom stereocenters. The van der Waals surface area contributed by atoms with Crippen LogP contribution >= 0.6 is 11.8 Å². The van der Waals surface area contributed by atoms with Crippen molar-refractivity contribution in [2.24, 2.45) is 11.1 Å². The van der Waals surface area contributed by atoms with Crippen LogP contribution in [0.3, 0.4) is 0 Å². The molecule has 1 aromatic rings. The Morgan fingerprint density at radius 3 is 2.86 bits per heavy atom. The van der Waals surface area contributed by atoms with E-state index in [1.54, 1.807) is 4.90 Å². The average Bonchev–Trinajstić information content (AvgIpc) is 2.59. The Kier molecular flexibility index (Phi) is 4.01. The number of nitrogens with two attached hydrogens (primary N) is 1. The number of benzene rings is 1. The second kappa shape index (κ2) is 5.81. The van der Waals surface area contributed by atoms with Crippen molar-refractivity contribution in [2.75, 3.05) is 26.0 Å². The molecule has 3 atom stereocenters. The van der Waals surface area contributed by atoms with Crippen LogP contribution in [-0.4, -0.2) is 54.2 Å². The van der Waals surface area contributed by atoms with Crippen molar-refractivity contribution in [3.05, 3.63) is 30.3 Å². The van der Waals surface area contributed by atoms with Crippen LogP contribution in [0.15, 0.2) is 30.3 Å². The highest BCUT2D eigenvalue weighted by molar-refractivity contribution is 8.00. The molecular weight excluding hydrogens is 304 g/mol. The summed E-state index contributed by atoms with van der Waals surface area (Å²) in [5, 5.41) is -0.0398. The van der Waals surface area contributed by atoms with E-state index in [1.165, 1.54) is 18.9 Å². The SMILES string of the molecule is COC(=O)C1(COc2ccccc2)CS[C@@H]2C(N)C(=O)N2C1. The lowest BCUT2D eigenvalue weighted by atomic mass is 9.88. The number of carbonyl (C=O) groups excluding carboxylic acids is 2. The van der Waals surface area contributed by atoms with Crippen LogP contribution in [0.25, 0.3) is 0 Å². The zero-order valence-electron chi connectivity index (χ0n) is 12.2. The molecule has 2 heterocycles. The van der Waals surface area contributed by atoms with E-state index in [1.807, 2.05) is 30.3 Å². The van der Waals surface area contributed by atoms with Crippen molar-refractivity contribution in [1.29, 1.82) is 0 Å². The first-order valence-corrected chi connectivity index (χ1v) is 8.06. The number of hydrogen-bond donors (Lipinski definition) is 1. The minimum Gasteiger partial charge on any atom is -0.492 e. The van der Waals surface area contributed by atoms with Crippen molar-refractivity contribution in [1.82, 2.24) is 4.90 Å². The van der Waals surface area contributed by atoms with Gasteiger partial charge in [0.25, 0.3) is 0 Å². The largest absolute Gasteiger partial charge is 0.492 e. The van der Waals surface area contributed by atoms with E-state index in [2.05, 4.69) is 0 Å². The Bertz CT molecular complexity index is 582. The van der Waals surface area contributed by atoms with Crippen LogP contribution in [0.2, 0.25) is 0 Å².